The predicted molar refractivity (Wildman–Crippen MR) is 74.2 cm³/mol. The van der Waals surface area contributed by atoms with Crippen LogP contribution in [-0.2, 0) is 9.59 Å². The lowest BCUT2D eigenvalue weighted by Gasteiger charge is -2.10. The molecule has 1 rings (SSSR count). The monoisotopic (exact) mass is 280 g/mol. The second kappa shape index (κ2) is 8.04. The molecule has 0 atom stereocenters. The zero-order valence-electron chi connectivity index (χ0n) is 11.9. The smallest absolute Gasteiger partial charge is 0.276 e. The molecule has 0 aliphatic heterocycles. The molecular weight excluding hydrogens is 260 g/mol. The summed E-state index contributed by atoms with van der Waals surface area (Å²) in [5.41, 5.74) is 4.62. The zero-order chi connectivity index (χ0) is 15.0. The summed E-state index contributed by atoms with van der Waals surface area (Å²) in [7, 11) is 1.57. The summed E-state index contributed by atoms with van der Waals surface area (Å²) in [6, 6.07) is 6.86. The first-order valence-electron chi connectivity index (χ1n) is 6.35. The Morgan fingerprint density at radius 3 is 2.15 bits per heavy atom. The molecule has 1 aromatic rings. The van der Waals surface area contributed by atoms with Gasteiger partial charge in [-0.05, 0) is 30.2 Å². The molecule has 2 N–H and O–H groups in total. The molecular formula is C14H20N2O4. The van der Waals surface area contributed by atoms with Gasteiger partial charge in [-0.1, -0.05) is 13.8 Å². The molecule has 0 aliphatic carbocycles. The van der Waals surface area contributed by atoms with Crippen molar-refractivity contribution in [2.45, 2.75) is 20.3 Å². The number of hydrazine groups is 1. The molecule has 0 saturated heterocycles. The molecule has 0 unspecified atom stereocenters. The van der Waals surface area contributed by atoms with Crippen molar-refractivity contribution >= 4 is 11.8 Å². The van der Waals surface area contributed by atoms with E-state index in [1.807, 2.05) is 13.8 Å². The van der Waals surface area contributed by atoms with E-state index in [0.717, 1.165) is 0 Å². The largest absolute Gasteiger partial charge is 0.497 e. The minimum Gasteiger partial charge on any atom is -0.497 e. The third kappa shape index (κ3) is 6.08. The number of methoxy groups -OCH3 is 1. The topological polar surface area (TPSA) is 76.7 Å². The van der Waals surface area contributed by atoms with Crippen molar-refractivity contribution in [1.82, 2.24) is 10.9 Å². The van der Waals surface area contributed by atoms with Gasteiger partial charge in [0, 0.05) is 6.42 Å². The van der Waals surface area contributed by atoms with Gasteiger partial charge in [-0.2, -0.15) is 0 Å². The van der Waals surface area contributed by atoms with Gasteiger partial charge in [0.1, 0.15) is 11.5 Å². The standard InChI is InChI=1S/C14H20N2O4/c1-10(2)8-13(17)15-16-14(18)9-20-12-6-4-11(19-3)5-7-12/h4-7,10H,8-9H2,1-3H3,(H,15,17)(H,16,18). The van der Waals surface area contributed by atoms with Crippen LogP contribution in [0.3, 0.4) is 0 Å². The first-order chi connectivity index (χ1) is 9.51. The van der Waals surface area contributed by atoms with Crippen LogP contribution in [0.4, 0.5) is 0 Å². The van der Waals surface area contributed by atoms with Crippen molar-refractivity contribution in [3.05, 3.63) is 24.3 Å². The highest BCUT2D eigenvalue weighted by Crippen LogP contribution is 2.16. The average molecular weight is 280 g/mol. The van der Waals surface area contributed by atoms with E-state index in [9.17, 15) is 9.59 Å². The van der Waals surface area contributed by atoms with Crippen LogP contribution < -0.4 is 20.3 Å². The number of hydrogen-bond donors (Lipinski definition) is 2. The van der Waals surface area contributed by atoms with Crippen LogP contribution >= 0.6 is 0 Å². The van der Waals surface area contributed by atoms with Crippen molar-refractivity contribution in [1.29, 1.82) is 0 Å². The number of carbonyl (C=O) groups excluding carboxylic acids is 2. The Balaban J connectivity index is 2.27. The molecule has 1 aromatic carbocycles. The van der Waals surface area contributed by atoms with Gasteiger partial charge >= 0.3 is 0 Å². The zero-order valence-corrected chi connectivity index (χ0v) is 11.9. The first-order valence-corrected chi connectivity index (χ1v) is 6.35. The summed E-state index contributed by atoms with van der Waals surface area (Å²) in [5.74, 6) is 0.857. The third-order valence-corrected chi connectivity index (χ3v) is 2.36. The van der Waals surface area contributed by atoms with Crippen molar-refractivity contribution < 1.29 is 19.1 Å². The van der Waals surface area contributed by atoms with Crippen LogP contribution in [0.25, 0.3) is 0 Å². The molecule has 0 saturated carbocycles. The van der Waals surface area contributed by atoms with Crippen LogP contribution in [0.15, 0.2) is 24.3 Å². The number of rotatable bonds is 6. The van der Waals surface area contributed by atoms with E-state index in [4.69, 9.17) is 9.47 Å². The molecule has 20 heavy (non-hydrogen) atoms. The number of benzene rings is 1. The fourth-order valence-electron chi connectivity index (χ4n) is 1.42. The molecule has 0 heterocycles. The number of ether oxygens (including phenoxy) is 2. The van der Waals surface area contributed by atoms with E-state index in [2.05, 4.69) is 10.9 Å². The molecule has 6 nitrogen and oxygen atoms in total. The molecule has 6 heteroatoms. The summed E-state index contributed by atoms with van der Waals surface area (Å²) in [6.45, 7) is 3.68. The lowest BCUT2D eigenvalue weighted by Crippen LogP contribution is -2.44. The molecule has 2 amide bonds. The summed E-state index contributed by atoms with van der Waals surface area (Å²) in [5, 5.41) is 0. The Hall–Kier alpha value is -2.24. The maximum Gasteiger partial charge on any atom is 0.276 e. The lowest BCUT2D eigenvalue weighted by molar-refractivity contribution is -0.130. The van der Waals surface area contributed by atoms with Gasteiger partial charge in [-0.15, -0.1) is 0 Å². The fraction of sp³-hybridized carbons (Fsp3) is 0.429. The van der Waals surface area contributed by atoms with Crippen LogP contribution in [-0.4, -0.2) is 25.5 Å². The molecule has 0 aliphatic rings. The Morgan fingerprint density at radius 2 is 1.60 bits per heavy atom. The summed E-state index contributed by atoms with van der Waals surface area (Å²) >= 11 is 0. The second-order valence-corrected chi connectivity index (χ2v) is 4.66. The van der Waals surface area contributed by atoms with Crippen LogP contribution in [0.1, 0.15) is 20.3 Å². The molecule has 0 aromatic heterocycles. The van der Waals surface area contributed by atoms with Gasteiger partial charge in [-0.25, -0.2) is 0 Å². The van der Waals surface area contributed by atoms with E-state index in [1.54, 1.807) is 31.4 Å². The van der Waals surface area contributed by atoms with E-state index >= 15 is 0 Å². The van der Waals surface area contributed by atoms with Gasteiger partial charge in [0.05, 0.1) is 7.11 Å². The molecule has 0 fully saturated rings. The normalized spacial score (nSPS) is 10.0. The van der Waals surface area contributed by atoms with Crippen LogP contribution in [0, 0.1) is 5.92 Å². The van der Waals surface area contributed by atoms with Gasteiger partial charge in [0.15, 0.2) is 6.61 Å². The molecule has 0 radical (unpaired) electrons. The maximum atomic E-state index is 11.5. The highest BCUT2D eigenvalue weighted by Gasteiger charge is 2.07. The summed E-state index contributed by atoms with van der Waals surface area (Å²) in [6.07, 6.45) is 0.361. The number of hydrogen-bond acceptors (Lipinski definition) is 4. The molecule has 110 valence electrons. The van der Waals surface area contributed by atoms with Gasteiger partial charge in [-0.3, -0.25) is 20.4 Å². The van der Waals surface area contributed by atoms with Crippen molar-refractivity contribution in [3.8, 4) is 11.5 Å². The highest BCUT2D eigenvalue weighted by atomic mass is 16.5. The predicted octanol–water partition coefficient (Wildman–Crippen LogP) is 1.27. The maximum absolute atomic E-state index is 11.5. The SMILES string of the molecule is COc1ccc(OCC(=O)NNC(=O)CC(C)C)cc1. The fourth-order valence-corrected chi connectivity index (χ4v) is 1.42. The van der Waals surface area contributed by atoms with Crippen molar-refractivity contribution in [2.75, 3.05) is 13.7 Å². The quantitative estimate of drug-likeness (QED) is 0.769. The summed E-state index contributed by atoms with van der Waals surface area (Å²) < 4.78 is 10.3. The van der Waals surface area contributed by atoms with Gasteiger partial charge in [0.2, 0.25) is 5.91 Å². The molecule has 0 bridgehead atoms. The van der Waals surface area contributed by atoms with E-state index in [0.29, 0.717) is 17.9 Å². The Kier molecular flexibility index (Phi) is 6.36. The van der Waals surface area contributed by atoms with Crippen molar-refractivity contribution in [3.63, 3.8) is 0 Å². The van der Waals surface area contributed by atoms with E-state index < -0.39 is 5.91 Å². The lowest BCUT2D eigenvalue weighted by atomic mass is 10.1. The second-order valence-electron chi connectivity index (χ2n) is 4.66. The van der Waals surface area contributed by atoms with Crippen LogP contribution in [0.2, 0.25) is 0 Å². The van der Waals surface area contributed by atoms with E-state index in [-0.39, 0.29) is 18.4 Å². The Labute approximate surface area is 118 Å². The number of amides is 2. The Bertz CT molecular complexity index is 443. The minimum atomic E-state index is -0.419. The van der Waals surface area contributed by atoms with Crippen molar-refractivity contribution in [2.24, 2.45) is 5.92 Å². The molecule has 0 spiro atoms. The van der Waals surface area contributed by atoms with Gasteiger partial charge < -0.3 is 9.47 Å². The highest BCUT2D eigenvalue weighted by molar-refractivity contribution is 5.82. The number of nitrogens with one attached hydrogen (secondary N) is 2. The third-order valence-electron chi connectivity index (χ3n) is 2.36. The Morgan fingerprint density at radius 1 is 1.05 bits per heavy atom. The van der Waals surface area contributed by atoms with Crippen LogP contribution in [0.5, 0.6) is 11.5 Å². The number of carbonyl (C=O) groups is 2. The van der Waals surface area contributed by atoms with E-state index in [1.165, 1.54) is 0 Å². The minimum absolute atomic E-state index is 0.172. The summed E-state index contributed by atoms with van der Waals surface area (Å²) in [4.78, 5) is 22.8. The first kappa shape index (κ1) is 15.8. The van der Waals surface area contributed by atoms with Gasteiger partial charge in [0.25, 0.3) is 5.91 Å². The average Bonchev–Trinajstić information content (AvgIpc) is 2.42.